The molecule has 3 aromatic carbocycles. The van der Waals surface area contributed by atoms with Crippen molar-refractivity contribution in [1.82, 2.24) is 10.1 Å². The Morgan fingerprint density at radius 2 is 1.75 bits per heavy atom. The number of nitrogens with zero attached hydrogens (tertiary/aromatic N) is 2. The Balaban J connectivity index is 1.50. The van der Waals surface area contributed by atoms with Crippen LogP contribution in [-0.2, 0) is 16.4 Å². The lowest BCUT2D eigenvalue weighted by atomic mass is 10.0. The van der Waals surface area contributed by atoms with Crippen LogP contribution in [0.3, 0.4) is 0 Å². The maximum atomic E-state index is 13.5. The van der Waals surface area contributed by atoms with E-state index in [1.807, 2.05) is 72.8 Å². The van der Waals surface area contributed by atoms with E-state index in [0.29, 0.717) is 18.7 Å². The van der Waals surface area contributed by atoms with Gasteiger partial charge in [-0.25, -0.2) is 8.42 Å². The Hall–Kier alpha value is -3.45. The highest BCUT2D eigenvalue weighted by Gasteiger charge is 2.36. The fraction of sp³-hybridized carbons (Fsp3) is 0.200. The molecule has 162 valence electrons. The highest BCUT2D eigenvalue weighted by Crippen LogP contribution is 2.27. The largest absolute Gasteiger partial charge is 0.355 e. The molecule has 4 aromatic rings. The van der Waals surface area contributed by atoms with Gasteiger partial charge in [0.15, 0.2) is 21.3 Å². The molecule has 1 aromatic heterocycles. The Labute approximate surface area is 186 Å². The van der Waals surface area contributed by atoms with Gasteiger partial charge < -0.3 is 9.42 Å². The Kier molecular flexibility index (Phi) is 5.27. The van der Waals surface area contributed by atoms with Crippen LogP contribution < -0.4 is 0 Å². The minimum atomic E-state index is -3.17. The average molecular weight is 447 g/mol. The average Bonchev–Trinajstić information content (AvgIpc) is 3.44. The van der Waals surface area contributed by atoms with Gasteiger partial charge in [-0.05, 0) is 22.8 Å². The standard InChI is InChI=1S/C25H22N2O4S/c28-25(23-15-24(31-26-23)19-8-2-1-3-9-19)27(21-13-14-32(29,30)17-21)16-20-11-6-10-18-7-4-5-12-22(18)20/h1-12,15,21H,13-14,16-17H2. The summed E-state index contributed by atoms with van der Waals surface area (Å²) in [6, 6.07) is 24.6. The lowest BCUT2D eigenvalue weighted by molar-refractivity contribution is 0.0671. The van der Waals surface area contributed by atoms with Crippen molar-refractivity contribution in [2.24, 2.45) is 0 Å². The normalized spacial score (nSPS) is 17.4. The first kappa shape index (κ1) is 20.5. The molecule has 0 radical (unpaired) electrons. The van der Waals surface area contributed by atoms with Gasteiger partial charge in [-0.3, -0.25) is 4.79 Å². The van der Waals surface area contributed by atoms with Crippen LogP contribution in [0.15, 0.2) is 83.4 Å². The maximum Gasteiger partial charge on any atom is 0.276 e. The zero-order chi connectivity index (χ0) is 22.1. The van der Waals surface area contributed by atoms with Gasteiger partial charge in [0.05, 0.1) is 11.5 Å². The van der Waals surface area contributed by atoms with Crippen LogP contribution in [0.2, 0.25) is 0 Å². The van der Waals surface area contributed by atoms with Crippen LogP contribution >= 0.6 is 0 Å². The van der Waals surface area contributed by atoms with E-state index in [1.165, 1.54) is 0 Å². The molecular weight excluding hydrogens is 424 g/mol. The number of hydrogen-bond donors (Lipinski definition) is 0. The van der Waals surface area contributed by atoms with Crippen molar-refractivity contribution in [2.75, 3.05) is 11.5 Å². The number of carbonyl (C=O) groups excluding carboxylic acids is 1. The number of sulfone groups is 1. The second-order valence-electron chi connectivity index (χ2n) is 8.07. The summed E-state index contributed by atoms with van der Waals surface area (Å²) >= 11 is 0. The van der Waals surface area contributed by atoms with Gasteiger partial charge in [0.1, 0.15) is 0 Å². The lowest BCUT2D eigenvalue weighted by Crippen LogP contribution is -2.40. The van der Waals surface area contributed by atoms with Crippen LogP contribution in [0, 0.1) is 0 Å². The zero-order valence-electron chi connectivity index (χ0n) is 17.3. The molecule has 1 fully saturated rings. The van der Waals surface area contributed by atoms with E-state index in [0.717, 1.165) is 21.9 Å². The summed E-state index contributed by atoms with van der Waals surface area (Å²) in [6.07, 6.45) is 0.419. The molecule has 1 amide bonds. The molecular formula is C25H22N2O4S. The van der Waals surface area contributed by atoms with Gasteiger partial charge in [0.25, 0.3) is 5.91 Å². The molecule has 1 unspecified atom stereocenters. The minimum absolute atomic E-state index is 0.0348. The third-order valence-corrected chi connectivity index (χ3v) is 7.67. The molecule has 2 heterocycles. The van der Waals surface area contributed by atoms with Crippen molar-refractivity contribution >= 4 is 26.5 Å². The molecule has 5 rings (SSSR count). The van der Waals surface area contributed by atoms with E-state index < -0.39 is 15.9 Å². The van der Waals surface area contributed by atoms with Crippen molar-refractivity contribution in [2.45, 2.75) is 19.0 Å². The molecule has 0 saturated carbocycles. The predicted molar refractivity (Wildman–Crippen MR) is 123 cm³/mol. The second-order valence-corrected chi connectivity index (χ2v) is 10.3. The lowest BCUT2D eigenvalue weighted by Gasteiger charge is -2.28. The van der Waals surface area contributed by atoms with Crippen molar-refractivity contribution in [3.63, 3.8) is 0 Å². The van der Waals surface area contributed by atoms with Crippen LogP contribution in [-0.4, -0.2) is 41.9 Å². The quantitative estimate of drug-likeness (QED) is 0.456. The second kappa shape index (κ2) is 8.24. The van der Waals surface area contributed by atoms with E-state index in [2.05, 4.69) is 5.16 Å². The van der Waals surface area contributed by atoms with E-state index in [4.69, 9.17) is 4.52 Å². The Morgan fingerprint density at radius 3 is 2.53 bits per heavy atom. The first-order valence-electron chi connectivity index (χ1n) is 10.5. The highest BCUT2D eigenvalue weighted by molar-refractivity contribution is 7.91. The van der Waals surface area contributed by atoms with Gasteiger partial charge in [0, 0.05) is 24.2 Å². The predicted octanol–water partition coefficient (Wildman–Crippen LogP) is 4.32. The van der Waals surface area contributed by atoms with Crippen molar-refractivity contribution in [3.05, 3.63) is 90.1 Å². The monoisotopic (exact) mass is 446 g/mol. The SMILES string of the molecule is O=C(c1cc(-c2ccccc2)on1)N(Cc1cccc2ccccc12)C1CCS(=O)(=O)C1. The molecule has 0 N–H and O–H groups in total. The van der Waals surface area contributed by atoms with E-state index in [9.17, 15) is 13.2 Å². The number of rotatable bonds is 5. The number of hydrogen-bond acceptors (Lipinski definition) is 5. The molecule has 0 aliphatic carbocycles. The van der Waals surface area contributed by atoms with Crippen LogP contribution in [0.1, 0.15) is 22.5 Å². The first-order valence-corrected chi connectivity index (χ1v) is 12.3. The molecule has 7 heteroatoms. The first-order chi connectivity index (χ1) is 15.5. The Morgan fingerprint density at radius 1 is 1.00 bits per heavy atom. The summed E-state index contributed by atoms with van der Waals surface area (Å²) in [5.74, 6) is 0.224. The molecule has 1 saturated heterocycles. The smallest absolute Gasteiger partial charge is 0.276 e. The third kappa shape index (κ3) is 4.03. The number of aromatic nitrogens is 1. The van der Waals surface area contributed by atoms with Crippen LogP contribution in [0.5, 0.6) is 0 Å². The summed E-state index contributed by atoms with van der Waals surface area (Å²) in [4.78, 5) is 15.2. The maximum absolute atomic E-state index is 13.5. The summed E-state index contributed by atoms with van der Waals surface area (Å²) < 4.78 is 29.8. The van der Waals surface area contributed by atoms with Gasteiger partial charge in [-0.15, -0.1) is 0 Å². The molecule has 6 nitrogen and oxygen atoms in total. The molecule has 1 aliphatic heterocycles. The Bertz CT molecular complexity index is 1370. The molecule has 0 bridgehead atoms. The van der Waals surface area contributed by atoms with E-state index in [1.54, 1.807) is 11.0 Å². The van der Waals surface area contributed by atoms with Gasteiger partial charge >= 0.3 is 0 Å². The fourth-order valence-electron chi connectivity index (χ4n) is 4.26. The number of carbonyl (C=O) groups is 1. The molecule has 1 atom stereocenters. The van der Waals surface area contributed by atoms with Crippen LogP contribution in [0.4, 0.5) is 0 Å². The van der Waals surface area contributed by atoms with Gasteiger partial charge in [0.2, 0.25) is 0 Å². The molecule has 0 spiro atoms. The van der Waals surface area contributed by atoms with Gasteiger partial charge in [-0.1, -0.05) is 78.0 Å². The summed E-state index contributed by atoms with van der Waals surface area (Å²) in [6.45, 7) is 0.300. The molecule has 32 heavy (non-hydrogen) atoms. The number of fused-ring (bicyclic) bond motifs is 1. The van der Waals surface area contributed by atoms with Gasteiger partial charge in [-0.2, -0.15) is 0 Å². The summed E-state index contributed by atoms with van der Waals surface area (Å²) in [5.41, 5.74) is 1.96. The summed E-state index contributed by atoms with van der Waals surface area (Å²) in [7, 11) is -3.17. The topological polar surface area (TPSA) is 80.5 Å². The van der Waals surface area contributed by atoms with Crippen LogP contribution in [0.25, 0.3) is 22.1 Å². The third-order valence-electron chi connectivity index (χ3n) is 5.92. The summed E-state index contributed by atoms with van der Waals surface area (Å²) in [5, 5.41) is 6.12. The van der Waals surface area contributed by atoms with E-state index in [-0.39, 0.29) is 23.1 Å². The van der Waals surface area contributed by atoms with Crippen molar-refractivity contribution < 1.29 is 17.7 Å². The number of amides is 1. The molecule has 1 aliphatic rings. The minimum Gasteiger partial charge on any atom is -0.355 e. The van der Waals surface area contributed by atoms with Crippen molar-refractivity contribution in [3.8, 4) is 11.3 Å². The highest BCUT2D eigenvalue weighted by atomic mass is 32.2. The van der Waals surface area contributed by atoms with Crippen molar-refractivity contribution in [1.29, 1.82) is 0 Å². The number of benzene rings is 3. The van der Waals surface area contributed by atoms with E-state index >= 15 is 0 Å². The fourth-order valence-corrected chi connectivity index (χ4v) is 5.99. The zero-order valence-corrected chi connectivity index (χ0v) is 18.2.